The van der Waals surface area contributed by atoms with Gasteiger partial charge in [-0.3, -0.25) is 4.79 Å². The molecule has 0 spiro atoms. The topological polar surface area (TPSA) is 90.2 Å². The quantitative estimate of drug-likeness (QED) is 0.765. The van der Waals surface area contributed by atoms with Crippen molar-refractivity contribution in [2.45, 2.75) is 39.3 Å². The number of esters is 1. The van der Waals surface area contributed by atoms with Gasteiger partial charge in [0.05, 0.1) is 11.7 Å². The van der Waals surface area contributed by atoms with Crippen molar-refractivity contribution in [3.63, 3.8) is 0 Å². The largest absolute Gasteiger partial charge is 0.459 e. The Morgan fingerprint density at radius 3 is 2.72 bits per heavy atom. The molecule has 2 heterocycles. The van der Waals surface area contributed by atoms with Crippen molar-refractivity contribution in [3.8, 4) is 11.4 Å². The van der Waals surface area contributed by atoms with Gasteiger partial charge in [-0.1, -0.05) is 12.1 Å². The van der Waals surface area contributed by atoms with Crippen molar-refractivity contribution in [1.29, 1.82) is 0 Å². The fourth-order valence-corrected chi connectivity index (χ4v) is 2.68. The third-order valence-electron chi connectivity index (χ3n) is 3.89. The molecule has 1 aliphatic heterocycles. The third kappa shape index (κ3) is 4.20. The van der Waals surface area contributed by atoms with Crippen LogP contribution >= 0.6 is 0 Å². The lowest BCUT2D eigenvalue weighted by atomic mass is 10.1. The second-order valence-corrected chi connectivity index (χ2v) is 6.27. The summed E-state index contributed by atoms with van der Waals surface area (Å²) in [6.45, 7) is 5.25. The molecule has 8 heteroatoms. The normalized spacial score (nSPS) is 14.1. The van der Waals surface area contributed by atoms with Gasteiger partial charge in [0.2, 0.25) is 11.7 Å². The summed E-state index contributed by atoms with van der Waals surface area (Å²) >= 11 is 0. The zero-order chi connectivity index (χ0) is 17.8. The van der Waals surface area contributed by atoms with Crippen LogP contribution in [0.4, 0.5) is 0 Å². The van der Waals surface area contributed by atoms with E-state index in [2.05, 4.69) is 15.4 Å². The van der Waals surface area contributed by atoms with Gasteiger partial charge in [0.1, 0.15) is 6.54 Å². The molecule has 3 rings (SSSR count). The minimum atomic E-state index is -0.395. The van der Waals surface area contributed by atoms with Gasteiger partial charge in [0.15, 0.2) is 0 Å². The number of ether oxygens (including phenoxy) is 1. The molecule has 0 saturated carbocycles. The average Bonchev–Trinajstić information content (AvgIpc) is 3.26. The van der Waals surface area contributed by atoms with E-state index in [1.165, 1.54) is 4.80 Å². The summed E-state index contributed by atoms with van der Waals surface area (Å²) in [7, 11) is 0. The number of aromatic nitrogens is 4. The Labute approximate surface area is 145 Å². The molecule has 0 N–H and O–H groups in total. The lowest BCUT2D eigenvalue weighted by Gasteiger charge is -2.13. The highest BCUT2D eigenvalue weighted by molar-refractivity contribution is 5.90. The standard InChI is InChI=1S/C17H21N5O3/c1-12(2)25-17(24)14-7-5-6-13(10-14)16-18-20-22(19-16)11-15(23)21-8-3-4-9-21/h5-7,10,12H,3-4,8-9,11H2,1-2H3. The highest BCUT2D eigenvalue weighted by Gasteiger charge is 2.19. The molecule has 0 atom stereocenters. The molecular weight excluding hydrogens is 322 g/mol. The van der Waals surface area contributed by atoms with Crippen LogP contribution in [0.1, 0.15) is 37.0 Å². The number of hydrogen-bond acceptors (Lipinski definition) is 6. The number of carbonyl (C=O) groups is 2. The molecule has 1 amide bonds. The van der Waals surface area contributed by atoms with E-state index in [0.717, 1.165) is 25.9 Å². The Bertz CT molecular complexity index is 765. The predicted molar refractivity (Wildman–Crippen MR) is 89.6 cm³/mol. The maximum atomic E-state index is 12.1. The maximum Gasteiger partial charge on any atom is 0.338 e. The van der Waals surface area contributed by atoms with Crippen molar-refractivity contribution < 1.29 is 14.3 Å². The first-order valence-corrected chi connectivity index (χ1v) is 8.40. The Morgan fingerprint density at radius 2 is 2.00 bits per heavy atom. The number of amides is 1. The zero-order valence-electron chi connectivity index (χ0n) is 14.4. The van der Waals surface area contributed by atoms with Crippen LogP contribution in [0, 0.1) is 0 Å². The molecule has 1 aromatic carbocycles. The first-order valence-electron chi connectivity index (χ1n) is 8.40. The van der Waals surface area contributed by atoms with Gasteiger partial charge in [-0.15, -0.1) is 10.2 Å². The van der Waals surface area contributed by atoms with Crippen LogP contribution in [0.3, 0.4) is 0 Å². The van der Waals surface area contributed by atoms with E-state index < -0.39 is 5.97 Å². The minimum Gasteiger partial charge on any atom is -0.459 e. The fourth-order valence-electron chi connectivity index (χ4n) is 2.68. The van der Waals surface area contributed by atoms with E-state index in [1.807, 2.05) is 4.90 Å². The van der Waals surface area contributed by atoms with Gasteiger partial charge in [-0.25, -0.2) is 4.79 Å². The van der Waals surface area contributed by atoms with Gasteiger partial charge in [-0.05, 0) is 44.0 Å². The van der Waals surface area contributed by atoms with E-state index in [0.29, 0.717) is 17.0 Å². The summed E-state index contributed by atoms with van der Waals surface area (Å²) in [5, 5.41) is 12.2. The fraction of sp³-hybridized carbons (Fsp3) is 0.471. The van der Waals surface area contributed by atoms with Gasteiger partial charge in [0.25, 0.3) is 0 Å². The highest BCUT2D eigenvalue weighted by Crippen LogP contribution is 2.17. The van der Waals surface area contributed by atoms with Gasteiger partial charge >= 0.3 is 5.97 Å². The lowest BCUT2D eigenvalue weighted by Crippen LogP contribution is -2.31. The monoisotopic (exact) mass is 343 g/mol. The van der Waals surface area contributed by atoms with Crippen LogP contribution in [0.2, 0.25) is 0 Å². The second kappa shape index (κ2) is 7.42. The predicted octanol–water partition coefficient (Wildman–Crippen LogP) is 1.53. The first-order chi connectivity index (χ1) is 12.0. The van der Waals surface area contributed by atoms with Crippen molar-refractivity contribution >= 4 is 11.9 Å². The van der Waals surface area contributed by atoms with Crippen molar-refractivity contribution in [1.82, 2.24) is 25.1 Å². The van der Waals surface area contributed by atoms with E-state index in [-0.39, 0.29) is 18.6 Å². The molecule has 0 radical (unpaired) electrons. The number of rotatable bonds is 5. The molecule has 132 valence electrons. The molecule has 1 fully saturated rings. The zero-order valence-corrected chi connectivity index (χ0v) is 14.4. The SMILES string of the molecule is CC(C)OC(=O)c1cccc(-c2nnn(CC(=O)N3CCCC3)n2)c1. The van der Waals surface area contributed by atoms with Crippen LogP contribution in [-0.4, -0.2) is 56.2 Å². The van der Waals surface area contributed by atoms with Crippen molar-refractivity contribution in [2.75, 3.05) is 13.1 Å². The highest BCUT2D eigenvalue weighted by atomic mass is 16.5. The van der Waals surface area contributed by atoms with Gasteiger partial charge < -0.3 is 9.64 Å². The van der Waals surface area contributed by atoms with Crippen LogP contribution in [0.15, 0.2) is 24.3 Å². The summed E-state index contributed by atoms with van der Waals surface area (Å²) in [6.07, 6.45) is 1.90. The molecule has 8 nitrogen and oxygen atoms in total. The molecule has 1 aromatic heterocycles. The number of tetrazole rings is 1. The van der Waals surface area contributed by atoms with Crippen LogP contribution in [-0.2, 0) is 16.1 Å². The lowest BCUT2D eigenvalue weighted by molar-refractivity contribution is -0.131. The summed E-state index contributed by atoms with van der Waals surface area (Å²) in [6, 6.07) is 6.86. The molecule has 0 bridgehead atoms. The third-order valence-corrected chi connectivity index (χ3v) is 3.89. The number of nitrogens with zero attached hydrogens (tertiary/aromatic N) is 5. The number of carbonyl (C=O) groups excluding carboxylic acids is 2. The van der Waals surface area contributed by atoms with Crippen molar-refractivity contribution in [2.24, 2.45) is 0 Å². The average molecular weight is 343 g/mol. The smallest absolute Gasteiger partial charge is 0.338 e. The van der Waals surface area contributed by atoms with Crippen LogP contribution in [0.25, 0.3) is 11.4 Å². The van der Waals surface area contributed by atoms with E-state index in [1.54, 1.807) is 38.1 Å². The van der Waals surface area contributed by atoms with Crippen LogP contribution < -0.4 is 0 Å². The molecule has 2 aromatic rings. The van der Waals surface area contributed by atoms with E-state index >= 15 is 0 Å². The summed E-state index contributed by atoms with van der Waals surface area (Å²) in [4.78, 5) is 27.2. The molecular formula is C17H21N5O3. The molecule has 0 aliphatic carbocycles. The van der Waals surface area contributed by atoms with Gasteiger partial charge in [-0.2, -0.15) is 4.80 Å². The summed E-state index contributed by atoms with van der Waals surface area (Å²) in [5.41, 5.74) is 1.08. The molecule has 0 unspecified atom stereocenters. The molecule has 1 saturated heterocycles. The Hall–Kier alpha value is -2.77. The minimum absolute atomic E-state index is 0.00397. The second-order valence-electron chi connectivity index (χ2n) is 6.27. The maximum absolute atomic E-state index is 12.1. The number of benzene rings is 1. The molecule has 1 aliphatic rings. The summed E-state index contributed by atoms with van der Waals surface area (Å²) < 4.78 is 5.19. The number of likely N-dealkylation sites (tertiary alicyclic amines) is 1. The Morgan fingerprint density at radius 1 is 1.24 bits per heavy atom. The van der Waals surface area contributed by atoms with Crippen molar-refractivity contribution in [3.05, 3.63) is 29.8 Å². The van der Waals surface area contributed by atoms with Crippen LogP contribution in [0.5, 0.6) is 0 Å². The van der Waals surface area contributed by atoms with Gasteiger partial charge in [0, 0.05) is 18.7 Å². The Kier molecular flexibility index (Phi) is 5.06. The summed E-state index contributed by atoms with van der Waals surface area (Å²) in [5.74, 6) is -0.0300. The Balaban J connectivity index is 1.71. The van der Waals surface area contributed by atoms with E-state index in [9.17, 15) is 9.59 Å². The molecule has 25 heavy (non-hydrogen) atoms. The number of hydrogen-bond donors (Lipinski definition) is 0. The van der Waals surface area contributed by atoms with E-state index in [4.69, 9.17) is 4.74 Å². The first kappa shape index (κ1) is 17.1.